The summed E-state index contributed by atoms with van der Waals surface area (Å²) in [6, 6.07) is 7.21. The Labute approximate surface area is 208 Å². The number of benzene rings is 1. The SMILES string of the molecule is O=C(NN1CC2C=CCC2C1)c1nn(-c2ccc(Cl)cc2Cl)c2c1SCc1sc(Cl)cc1-2. The third-order valence-electron chi connectivity index (χ3n) is 6.15. The molecule has 4 heterocycles. The molecule has 1 fully saturated rings. The minimum atomic E-state index is -0.202. The quantitative estimate of drug-likeness (QED) is 0.408. The van der Waals surface area contributed by atoms with Crippen LogP contribution in [0.4, 0.5) is 0 Å². The molecule has 10 heteroatoms. The van der Waals surface area contributed by atoms with Gasteiger partial charge in [0.1, 0.15) is 0 Å². The van der Waals surface area contributed by atoms with Crippen LogP contribution in [0.2, 0.25) is 14.4 Å². The lowest BCUT2D eigenvalue weighted by molar-refractivity contribution is 0.0809. The number of halogens is 3. The van der Waals surface area contributed by atoms with Gasteiger partial charge in [0.25, 0.3) is 5.91 Å². The van der Waals surface area contributed by atoms with Crippen LogP contribution in [0.1, 0.15) is 21.8 Å². The molecule has 0 spiro atoms. The van der Waals surface area contributed by atoms with Gasteiger partial charge in [-0.1, -0.05) is 47.0 Å². The number of nitrogens with one attached hydrogen (secondary N) is 1. The Bertz CT molecular complexity index is 1280. The minimum Gasteiger partial charge on any atom is -0.283 e. The van der Waals surface area contributed by atoms with E-state index < -0.39 is 0 Å². The summed E-state index contributed by atoms with van der Waals surface area (Å²) >= 11 is 22.1. The van der Waals surface area contributed by atoms with Crippen LogP contribution in [-0.4, -0.2) is 33.8 Å². The lowest BCUT2D eigenvalue weighted by atomic mass is 10.0. The molecule has 0 bridgehead atoms. The molecule has 0 radical (unpaired) electrons. The molecule has 3 aliphatic rings. The second kappa shape index (κ2) is 8.08. The molecule has 2 aromatic heterocycles. The van der Waals surface area contributed by atoms with Gasteiger partial charge in [-0.05, 0) is 42.5 Å². The Hall–Kier alpha value is -1.48. The summed E-state index contributed by atoms with van der Waals surface area (Å²) in [5.74, 6) is 1.64. The summed E-state index contributed by atoms with van der Waals surface area (Å²) in [5.41, 5.74) is 5.99. The molecule has 1 aromatic carbocycles. The molecule has 1 aliphatic carbocycles. The number of carbonyl (C=O) groups is 1. The maximum atomic E-state index is 13.4. The largest absolute Gasteiger partial charge is 0.287 e. The Morgan fingerprint density at radius 3 is 2.88 bits per heavy atom. The zero-order valence-electron chi connectivity index (χ0n) is 16.6. The molecule has 32 heavy (non-hydrogen) atoms. The van der Waals surface area contributed by atoms with Crippen LogP contribution in [0, 0.1) is 11.8 Å². The van der Waals surface area contributed by atoms with Crippen molar-refractivity contribution in [3.05, 3.63) is 61.4 Å². The first kappa shape index (κ1) is 21.1. The van der Waals surface area contributed by atoms with Crippen LogP contribution < -0.4 is 5.43 Å². The van der Waals surface area contributed by atoms with Gasteiger partial charge >= 0.3 is 0 Å². The molecule has 2 atom stereocenters. The molecule has 2 aliphatic heterocycles. The summed E-state index contributed by atoms with van der Waals surface area (Å²) in [4.78, 5) is 15.4. The third-order valence-corrected chi connectivity index (χ3v) is 9.24. The fourth-order valence-electron chi connectivity index (χ4n) is 4.67. The van der Waals surface area contributed by atoms with Crippen LogP contribution in [0.5, 0.6) is 0 Å². The highest BCUT2D eigenvalue weighted by Gasteiger charge is 2.36. The molecule has 2 unspecified atom stereocenters. The Balaban J connectivity index is 1.42. The standard InChI is InChI=1S/C22H17Cl3N4OS2/c23-13-4-5-16(15(24)6-13)29-20-14-7-18(25)32-17(14)10-31-21(20)19(26-29)22(30)27-28-8-11-2-1-3-12(11)9-28/h1-2,4-7,11-12H,3,8-10H2,(H,27,30). The van der Waals surface area contributed by atoms with Crippen molar-refractivity contribution in [3.8, 4) is 16.9 Å². The zero-order valence-corrected chi connectivity index (χ0v) is 20.5. The van der Waals surface area contributed by atoms with E-state index in [4.69, 9.17) is 39.9 Å². The van der Waals surface area contributed by atoms with E-state index in [-0.39, 0.29) is 5.91 Å². The van der Waals surface area contributed by atoms with Crippen molar-refractivity contribution in [1.29, 1.82) is 0 Å². The number of aromatic nitrogens is 2. The van der Waals surface area contributed by atoms with E-state index in [9.17, 15) is 4.79 Å². The summed E-state index contributed by atoms with van der Waals surface area (Å²) in [6.07, 6.45) is 5.57. The zero-order chi connectivity index (χ0) is 22.0. The molecular weight excluding hydrogens is 507 g/mol. The topological polar surface area (TPSA) is 50.2 Å². The summed E-state index contributed by atoms with van der Waals surface area (Å²) in [7, 11) is 0. The Kier molecular flexibility index (Phi) is 5.32. The number of hydrogen-bond donors (Lipinski definition) is 1. The fraction of sp³-hybridized carbons (Fsp3) is 0.273. The van der Waals surface area contributed by atoms with Gasteiger partial charge in [0.05, 0.1) is 25.6 Å². The van der Waals surface area contributed by atoms with E-state index in [0.29, 0.717) is 37.6 Å². The lowest BCUT2D eigenvalue weighted by Gasteiger charge is -2.18. The molecule has 164 valence electrons. The van der Waals surface area contributed by atoms with Gasteiger partial charge in [-0.25, -0.2) is 9.69 Å². The molecule has 5 nitrogen and oxygen atoms in total. The molecule has 6 rings (SSSR count). The monoisotopic (exact) mass is 522 g/mol. The van der Waals surface area contributed by atoms with Crippen LogP contribution >= 0.6 is 57.9 Å². The maximum absolute atomic E-state index is 13.4. The average Bonchev–Trinajstić information content (AvgIpc) is 3.48. The van der Waals surface area contributed by atoms with Crippen LogP contribution in [0.15, 0.2) is 41.3 Å². The van der Waals surface area contributed by atoms with Crippen LogP contribution in [0.3, 0.4) is 0 Å². The number of hydrogen-bond acceptors (Lipinski definition) is 5. The highest BCUT2D eigenvalue weighted by molar-refractivity contribution is 7.99. The van der Waals surface area contributed by atoms with E-state index in [1.807, 2.05) is 17.1 Å². The molecular formula is C22H17Cl3N4OS2. The van der Waals surface area contributed by atoms with E-state index in [1.165, 1.54) is 0 Å². The van der Waals surface area contributed by atoms with Gasteiger partial charge in [0, 0.05) is 34.3 Å². The predicted molar refractivity (Wildman–Crippen MR) is 131 cm³/mol. The predicted octanol–water partition coefficient (Wildman–Crippen LogP) is 6.32. The number of allylic oxidation sites excluding steroid dienone is 1. The number of nitrogens with zero attached hydrogens (tertiary/aromatic N) is 3. The van der Waals surface area contributed by atoms with Gasteiger partial charge in [-0.2, -0.15) is 5.10 Å². The maximum Gasteiger partial charge on any atom is 0.287 e. The average molecular weight is 524 g/mol. The summed E-state index contributed by atoms with van der Waals surface area (Å²) in [5, 5.41) is 7.77. The number of thiophene rings is 1. The Morgan fingerprint density at radius 1 is 1.19 bits per heavy atom. The summed E-state index contributed by atoms with van der Waals surface area (Å²) < 4.78 is 2.46. The second-order valence-electron chi connectivity index (χ2n) is 8.14. The van der Waals surface area contributed by atoms with Gasteiger partial charge in [-0.3, -0.25) is 10.2 Å². The third kappa shape index (κ3) is 3.50. The number of hydrazine groups is 1. The highest BCUT2D eigenvalue weighted by atomic mass is 35.5. The molecule has 0 saturated carbocycles. The normalized spacial score (nSPS) is 21.5. The highest BCUT2D eigenvalue weighted by Crippen LogP contribution is 2.49. The van der Waals surface area contributed by atoms with Gasteiger partial charge < -0.3 is 0 Å². The van der Waals surface area contributed by atoms with Crippen molar-refractivity contribution in [3.63, 3.8) is 0 Å². The van der Waals surface area contributed by atoms with E-state index >= 15 is 0 Å². The van der Waals surface area contributed by atoms with Crippen molar-refractivity contribution < 1.29 is 4.79 Å². The number of fused-ring (bicyclic) bond motifs is 4. The summed E-state index contributed by atoms with van der Waals surface area (Å²) in [6.45, 7) is 1.68. The van der Waals surface area contributed by atoms with E-state index in [1.54, 1.807) is 39.9 Å². The first-order chi connectivity index (χ1) is 15.5. The molecule has 1 N–H and O–H groups in total. The van der Waals surface area contributed by atoms with E-state index in [2.05, 4.69) is 17.6 Å². The van der Waals surface area contributed by atoms with Crippen molar-refractivity contribution in [1.82, 2.24) is 20.2 Å². The van der Waals surface area contributed by atoms with Crippen molar-refractivity contribution in [2.45, 2.75) is 17.1 Å². The van der Waals surface area contributed by atoms with Gasteiger partial charge in [0.15, 0.2) is 5.69 Å². The number of amides is 1. The number of carbonyl (C=O) groups excluding carboxylic acids is 1. The first-order valence-electron chi connectivity index (χ1n) is 10.2. The van der Waals surface area contributed by atoms with E-state index in [0.717, 1.165) is 46.3 Å². The lowest BCUT2D eigenvalue weighted by Crippen LogP contribution is -2.41. The number of rotatable bonds is 3. The fourth-order valence-corrected chi connectivity index (χ4v) is 7.68. The van der Waals surface area contributed by atoms with Gasteiger partial charge in [-0.15, -0.1) is 23.1 Å². The smallest absolute Gasteiger partial charge is 0.283 e. The minimum absolute atomic E-state index is 0.202. The van der Waals surface area contributed by atoms with Crippen LogP contribution in [-0.2, 0) is 5.75 Å². The van der Waals surface area contributed by atoms with Crippen molar-refractivity contribution >= 4 is 63.8 Å². The molecule has 3 aromatic rings. The van der Waals surface area contributed by atoms with Crippen molar-refractivity contribution in [2.75, 3.05) is 13.1 Å². The molecule has 1 amide bonds. The van der Waals surface area contributed by atoms with Crippen molar-refractivity contribution in [2.24, 2.45) is 11.8 Å². The number of thioether (sulfide) groups is 1. The van der Waals surface area contributed by atoms with Gasteiger partial charge in [0.2, 0.25) is 0 Å². The Morgan fingerprint density at radius 2 is 2.06 bits per heavy atom. The molecule has 1 saturated heterocycles. The first-order valence-corrected chi connectivity index (χ1v) is 13.1. The second-order valence-corrected chi connectivity index (χ2v) is 11.7. The van der Waals surface area contributed by atoms with Crippen LogP contribution in [0.25, 0.3) is 16.9 Å².